The molecule has 0 spiro atoms. The van der Waals surface area contributed by atoms with Crippen molar-refractivity contribution < 1.29 is 19.5 Å². The summed E-state index contributed by atoms with van der Waals surface area (Å²) in [4.78, 5) is 43.7. The zero-order valence-electron chi connectivity index (χ0n) is 23.5. The number of fused-ring (bicyclic) bond motifs is 1. The van der Waals surface area contributed by atoms with Crippen LogP contribution >= 0.6 is 0 Å². The minimum Gasteiger partial charge on any atom is -0.481 e. The molecule has 0 aliphatic rings. The van der Waals surface area contributed by atoms with Crippen LogP contribution in [0, 0.1) is 6.92 Å². The molecule has 0 aliphatic carbocycles. The third kappa shape index (κ3) is 6.58. The highest BCUT2D eigenvalue weighted by Crippen LogP contribution is 2.29. The number of amides is 2. The molecule has 1 aromatic heterocycles. The lowest BCUT2D eigenvalue weighted by atomic mass is 9.94. The van der Waals surface area contributed by atoms with Crippen molar-refractivity contribution in [1.29, 1.82) is 0 Å². The molecule has 0 atom stereocenters. The van der Waals surface area contributed by atoms with Gasteiger partial charge >= 0.3 is 5.97 Å². The summed E-state index contributed by atoms with van der Waals surface area (Å²) >= 11 is 0. The van der Waals surface area contributed by atoms with E-state index in [1.165, 1.54) is 0 Å². The molecule has 0 unspecified atom stereocenters. The molecule has 42 heavy (non-hydrogen) atoms. The Morgan fingerprint density at radius 1 is 0.810 bits per heavy atom. The van der Waals surface area contributed by atoms with Gasteiger partial charge in [-0.1, -0.05) is 84.4 Å². The first-order chi connectivity index (χ1) is 20.4. The van der Waals surface area contributed by atoms with Gasteiger partial charge in [-0.15, -0.1) is 0 Å². The van der Waals surface area contributed by atoms with E-state index in [0.717, 1.165) is 27.6 Å². The Hall–Kier alpha value is -5.17. The standard InChI is InChI=1S/C35H33N3O4/c1-24-9-8-10-25(21-24)22-37-34(41)30-14-4-2-12-28(30)29-13-3-5-15-31(29)35(42)38(20-18-33(39)40)19-17-26-23-36-32-16-7-6-11-27(26)32/h2-16,21,23,36H,17-20,22H2,1H3,(H,37,41)(H,39,40). The van der Waals surface area contributed by atoms with Crippen molar-refractivity contribution in [1.82, 2.24) is 15.2 Å². The molecule has 0 saturated heterocycles. The number of hydrogen-bond donors (Lipinski definition) is 3. The summed E-state index contributed by atoms with van der Waals surface area (Å²) in [7, 11) is 0. The second-order valence-electron chi connectivity index (χ2n) is 10.3. The summed E-state index contributed by atoms with van der Waals surface area (Å²) in [5, 5.41) is 13.5. The molecule has 1 heterocycles. The van der Waals surface area contributed by atoms with E-state index in [1.807, 2.05) is 85.9 Å². The lowest BCUT2D eigenvalue weighted by Crippen LogP contribution is -2.35. The first kappa shape index (κ1) is 28.4. The number of carbonyl (C=O) groups is 3. The van der Waals surface area contributed by atoms with Crippen LogP contribution in [0.4, 0.5) is 0 Å². The Balaban J connectivity index is 1.41. The van der Waals surface area contributed by atoms with Gasteiger partial charge in [-0.05, 0) is 53.8 Å². The van der Waals surface area contributed by atoms with Crippen molar-refractivity contribution in [3.8, 4) is 11.1 Å². The summed E-state index contributed by atoms with van der Waals surface area (Å²) in [5.74, 6) is -1.48. The molecule has 0 aliphatic heterocycles. The third-order valence-electron chi connectivity index (χ3n) is 7.36. The summed E-state index contributed by atoms with van der Waals surface area (Å²) in [6.07, 6.45) is 2.33. The highest BCUT2D eigenvalue weighted by Gasteiger charge is 2.23. The van der Waals surface area contributed by atoms with Crippen molar-refractivity contribution in [3.63, 3.8) is 0 Å². The van der Waals surface area contributed by atoms with E-state index >= 15 is 0 Å². The molecule has 3 N–H and O–H groups in total. The molecule has 0 fully saturated rings. The molecule has 2 amide bonds. The average molecular weight is 560 g/mol. The molecule has 0 bridgehead atoms. The zero-order valence-corrected chi connectivity index (χ0v) is 23.5. The fourth-order valence-electron chi connectivity index (χ4n) is 5.23. The van der Waals surface area contributed by atoms with Gasteiger partial charge in [-0.3, -0.25) is 14.4 Å². The summed E-state index contributed by atoms with van der Waals surface area (Å²) in [5.41, 5.74) is 6.32. The fourth-order valence-corrected chi connectivity index (χ4v) is 5.23. The molecule has 212 valence electrons. The number of nitrogens with zero attached hydrogens (tertiary/aromatic N) is 1. The van der Waals surface area contributed by atoms with Crippen LogP contribution in [-0.4, -0.2) is 45.9 Å². The normalized spacial score (nSPS) is 10.9. The number of nitrogens with one attached hydrogen (secondary N) is 2. The number of carboxylic acids is 1. The molecule has 5 rings (SSSR count). The Morgan fingerprint density at radius 3 is 2.26 bits per heavy atom. The molecule has 4 aromatic carbocycles. The van der Waals surface area contributed by atoms with Crippen molar-refractivity contribution >= 4 is 28.7 Å². The van der Waals surface area contributed by atoms with Gasteiger partial charge in [0.2, 0.25) is 0 Å². The molecule has 0 radical (unpaired) electrons. The number of para-hydroxylation sites is 1. The fraction of sp³-hybridized carbons (Fsp3) is 0.171. The largest absolute Gasteiger partial charge is 0.481 e. The van der Waals surface area contributed by atoms with E-state index in [-0.39, 0.29) is 24.8 Å². The maximum Gasteiger partial charge on any atom is 0.305 e. The van der Waals surface area contributed by atoms with Crippen LogP contribution < -0.4 is 5.32 Å². The summed E-state index contributed by atoms with van der Waals surface area (Å²) in [6, 6.07) is 30.3. The SMILES string of the molecule is Cc1cccc(CNC(=O)c2ccccc2-c2ccccc2C(=O)N(CCC(=O)O)CCc2c[nH]c3ccccc23)c1. The second-order valence-corrected chi connectivity index (χ2v) is 10.3. The summed E-state index contributed by atoms with van der Waals surface area (Å²) in [6.45, 7) is 2.81. The number of carbonyl (C=O) groups excluding carboxylic acids is 2. The van der Waals surface area contributed by atoms with Crippen LogP contribution in [0.25, 0.3) is 22.0 Å². The van der Waals surface area contributed by atoms with E-state index in [9.17, 15) is 19.5 Å². The van der Waals surface area contributed by atoms with E-state index in [2.05, 4.69) is 10.3 Å². The Bertz CT molecular complexity index is 1740. The van der Waals surface area contributed by atoms with Gasteiger partial charge in [-0.2, -0.15) is 0 Å². The number of aromatic amines is 1. The van der Waals surface area contributed by atoms with Crippen LogP contribution in [0.5, 0.6) is 0 Å². The van der Waals surface area contributed by atoms with E-state index in [1.54, 1.807) is 29.2 Å². The molecular weight excluding hydrogens is 526 g/mol. The highest BCUT2D eigenvalue weighted by molar-refractivity contribution is 6.06. The van der Waals surface area contributed by atoms with Gasteiger partial charge < -0.3 is 20.3 Å². The minimum atomic E-state index is -0.969. The van der Waals surface area contributed by atoms with Gasteiger partial charge in [-0.25, -0.2) is 0 Å². The van der Waals surface area contributed by atoms with E-state index < -0.39 is 5.97 Å². The predicted octanol–water partition coefficient (Wildman–Crippen LogP) is 6.23. The van der Waals surface area contributed by atoms with Crippen molar-refractivity contribution in [2.24, 2.45) is 0 Å². The zero-order chi connectivity index (χ0) is 29.5. The van der Waals surface area contributed by atoms with Crippen LogP contribution in [0.15, 0.2) is 103 Å². The average Bonchev–Trinajstić information content (AvgIpc) is 3.42. The monoisotopic (exact) mass is 559 g/mol. The summed E-state index contributed by atoms with van der Waals surface area (Å²) < 4.78 is 0. The lowest BCUT2D eigenvalue weighted by molar-refractivity contribution is -0.137. The highest BCUT2D eigenvalue weighted by atomic mass is 16.4. The Labute approximate surface area is 244 Å². The minimum absolute atomic E-state index is 0.0729. The van der Waals surface area contributed by atoms with Crippen molar-refractivity contribution in [3.05, 3.63) is 131 Å². The number of H-pyrrole nitrogens is 1. The molecule has 0 saturated carbocycles. The maximum atomic E-state index is 14.0. The molecular formula is C35H33N3O4. The van der Waals surface area contributed by atoms with Crippen LogP contribution in [-0.2, 0) is 17.8 Å². The predicted molar refractivity (Wildman–Crippen MR) is 164 cm³/mol. The first-order valence-electron chi connectivity index (χ1n) is 14.0. The maximum absolute atomic E-state index is 14.0. The number of aliphatic carboxylic acids is 1. The van der Waals surface area contributed by atoms with Crippen molar-refractivity contribution in [2.75, 3.05) is 13.1 Å². The number of carboxylic acid groups (broad SMARTS) is 1. The van der Waals surface area contributed by atoms with Gasteiger partial charge in [0.1, 0.15) is 0 Å². The topological polar surface area (TPSA) is 102 Å². The van der Waals surface area contributed by atoms with E-state index in [4.69, 9.17) is 0 Å². The number of rotatable bonds is 11. The number of aryl methyl sites for hydroxylation is 1. The van der Waals surface area contributed by atoms with Crippen molar-refractivity contribution in [2.45, 2.75) is 26.3 Å². The van der Waals surface area contributed by atoms with Gasteiger partial charge in [0.05, 0.1) is 6.42 Å². The third-order valence-corrected chi connectivity index (χ3v) is 7.36. The van der Waals surface area contributed by atoms with Crippen LogP contribution in [0.1, 0.15) is 43.8 Å². The lowest BCUT2D eigenvalue weighted by Gasteiger charge is -2.24. The second kappa shape index (κ2) is 13.0. The van der Waals surface area contributed by atoms with E-state index in [0.29, 0.717) is 41.8 Å². The number of aromatic nitrogens is 1. The molecule has 5 aromatic rings. The Kier molecular flexibility index (Phi) is 8.78. The number of hydrogen-bond acceptors (Lipinski definition) is 3. The first-order valence-corrected chi connectivity index (χ1v) is 14.0. The van der Waals surface area contributed by atoms with Gasteiger partial charge in [0.15, 0.2) is 0 Å². The quantitative estimate of drug-likeness (QED) is 0.178. The van der Waals surface area contributed by atoms with Crippen LogP contribution in [0.2, 0.25) is 0 Å². The molecule has 7 heteroatoms. The number of benzene rings is 4. The smallest absolute Gasteiger partial charge is 0.305 e. The molecule has 7 nitrogen and oxygen atoms in total. The van der Waals surface area contributed by atoms with Gasteiger partial charge in [0.25, 0.3) is 11.8 Å². The van der Waals surface area contributed by atoms with Crippen LogP contribution in [0.3, 0.4) is 0 Å². The van der Waals surface area contributed by atoms with Gasteiger partial charge in [0, 0.05) is 47.9 Å². The Morgan fingerprint density at radius 2 is 1.50 bits per heavy atom.